The minimum atomic E-state index is 0.0414. The molecule has 1 aromatic rings. The number of aryl methyl sites for hydroxylation is 2. The van der Waals surface area contributed by atoms with Gasteiger partial charge in [0.2, 0.25) is 0 Å². The van der Waals surface area contributed by atoms with Crippen molar-refractivity contribution in [3.63, 3.8) is 0 Å². The number of carbonyl (C=O) groups excluding carboxylic acids is 1. The summed E-state index contributed by atoms with van der Waals surface area (Å²) in [6, 6.07) is 6.48. The summed E-state index contributed by atoms with van der Waals surface area (Å²) in [6.07, 6.45) is 4.16. The van der Waals surface area contributed by atoms with E-state index in [1.54, 1.807) is 0 Å². The fourth-order valence-electron chi connectivity index (χ4n) is 4.53. The molecule has 1 aliphatic rings. The number of amides is 1. The van der Waals surface area contributed by atoms with Crippen molar-refractivity contribution in [2.45, 2.75) is 91.3 Å². The van der Waals surface area contributed by atoms with Crippen LogP contribution in [-0.4, -0.2) is 34.5 Å². The molecular formula is C22H36N2O. The van der Waals surface area contributed by atoms with E-state index >= 15 is 0 Å². The number of nitrogens with one attached hydrogen (secondary N) is 1. The van der Waals surface area contributed by atoms with E-state index in [0.717, 1.165) is 48.9 Å². The third-order valence-corrected chi connectivity index (χ3v) is 5.09. The number of carbonyl (C=O) groups is 1. The molecule has 1 saturated heterocycles. The van der Waals surface area contributed by atoms with Crippen LogP contribution in [0.4, 0.5) is 0 Å². The Labute approximate surface area is 154 Å². The zero-order chi connectivity index (χ0) is 18.8. The molecule has 1 aliphatic heterocycles. The van der Waals surface area contributed by atoms with Crippen LogP contribution in [0.25, 0.3) is 0 Å². The van der Waals surface area contributed by atoms with E-state index in [2.05, 4.69) is 64.7 Å². The fraction of sp³-hybridized carbons (Fsp3) is 0.682. The average molecular weight is 345 g/mol. The Kier molecular flexibility index (Phi) is 5.98. The van der Waals surface area contributed by atoms with Gasteiger partial charge in [0.15, 0.2) is 0 Å². The molecule has 25 heavy (non-hydrogen) atoms. The molecule has 1 aromatic carbocycles. The lowest BCUT2D eigenvalue weighted by Crippen LogP contribution is -2.62. The Balaban J connectivity index is 2.33. The lowest BCUT2D eigenvalue weighted by Gasteiger charge is -2.49. The summed E-state index contributed by atoms with van der Waals surface area (Å²) < 4.78 is 0. The molecule has 0 unspecified atom stereocenters. The number of hydrogen-bond acceptors (Lipinski definition) is 2. The molecule has 1 amide bonds. The van der Waals surface area contributed by atoms with Gasteiger partial charge in [0.05, 0.1) is 0 Å². The molecule has 3 nitrogen and oxygen atoms in total. The summed E-state index contributed by atoms with van der Waals surface area (Å²) in [7, 11) is 0. The zero-order valence-corrected chi connectivity index (χ0v) is 17.2. The van der Waals surface area contributed by atoms with Gasteiger partial charge in [-0.1, -0.05) is 30.5 Å². The van der Waals surface area contributed by atoms with Gasteiger partial charge in [-0.2, -0.15) is 0 Å². The predicted molar refractivity (Wildman–Crippen MR) is 106 cm³/mol. The van der Waals surface area contributed by atoms with Crippen LogP contribution < -0.4 is 5.32 Å². The van der Waals surface area contributed by atoms with Crippen molar-refractivity contribution in [3.8, 4) is 0 Å². The maximum absolute atomic E-state index is 13.4. The fourth-order valence-corrected chi connectivity index (χ4v) is 4.53. The highest BCUT2D eigenvalue weighted by atomic mass is 16.2. The molecule has 0 saturated carbocycles. The predicted octanol–water partition coefficient (Wildman–Crippen LogP) is 4.85. The standard InChI is InChI=1S/C22H36N2O/c1-8-9-10-24(19-14-21(4,5)23-22(6,7)15-19)20(25)18-12-16(2)11-17(3)13-18/h11-13,19,23H,8-10,14-15H2,1-7H3. The molecule has 1 heterocycles. The highest BCUT2D eigenvalue weighted by Gasteiger charge is 2.41. The van der Waals surface area contributed by atoms with Gasteiger partial charge >= 0.3 is 0 Å². The van der Waals surface area contributed by atoms with Gasteiger partial charge < -0.3 is 10.2 Å². The van der Waals surface area contributed by atoms with Gasteiger partial charge in [0.25, 0.3) is 5.91 Å². The summed E-state index contributed by atoms with van der Waals surface area (Å²) >= 11 is 0. The van der Waals surface area contributed by atoms with Crippen molar-refractivity contribution in [1.29, 1.82) is 0 Å². The quantitative estimate of drug-likeness (QED) is 0.827. The normalized spacial score (nSPS) is 19.6. The SMILES string of the molecule is CCCCN(C(=O)c1cc(C)cc(C)c1)C1CC(C)(C)NC(C)(C)C1. The van der Waals surface area contributed by atoms with Crippen molar-refractivity contribution < 1.29 is 4.79 Å². The van der Waals surface area contributed by atoms with Crippen LogP contribution in [0.1, 0.15) is 81.8 Å². The van der Waals surface area contributed by atoms with Gasteiger partial charge in [-0.25, -0.2) is 0 Å². The second kappa shape index (κ2) is 7.49. The van der Waals surface area contributed by atoms with Crippen LogP contribution in [0.3, 0.4) is 0 Å². The molecule has 2 rings (SSSR count). The smallest absolute Gasteiger partial charge is 0.254 e. The van der Waals surface area contributed by atoms with E-state index in [0.29, 0.717) is 0 Å². The van der Waals surface area contributed by atoms with Gasteiger partial charge in [-0.15, -0.1) is 0 Å². The third kappa shape index (κ3) is 5.31. The number of nitrogens with zero attached hydrogens (tertiary/aromatic N) is 1. The Morgan fingerprint density at radius 2 is 1.60 bits per heavy atom. The van der Waals surface area contributed by atoms with Crippen molar-refractivity contribution in [2.75, 3.05) is 6.54 Å². The van der Waals surface area contributed by atoms with Crippen LogP contribution in [-0.2, 0) is 0 Å². The number of rotatable bonds is 5. The summed E-state index contributed by atoms with van der Waals surface area (Å²) in [4.78, 5) is 15.5. The molecule has 0 atom stereocenters. The summed E-state index contributed by atoms with van der Waals surface area (Å²) in [5.74, 6) is 0.193. The number of piperidine rings is 1. The van der Waals surface area contributed by atoms with Crippen molar-refractivity contribution in [2.24, 2.45) is 0 Å². The Hall–Kier alpha value is -1.35. The lowest BCUT2D eigenvalue weighted by atomic mass is 9.78. The molecular weight excluding hydrogens is 308 g/mol. The van der Waals surface area contributed by atoms with Crippen LogP contribution in [0.2, 0.25) is 0 Å². The molecule has 0 radical (unpaired) electrons. The largest absolute Gasteiger partial charge is 0.336 e. The number of hydrogen-bond donors (Lipinski definition) is 1. The molecule has 0 bridgehead atoms. The third-order valence-electron chi connectivity index (χ3n) is 5.09. The Bertz CT molecular complexity index is 582. The molecule has 140 valence electrons. The van der Waals surface area contributed by atoms with Crippen LogP contribution in [0.15, 0.2) is 18.2 Å². The maximum atomic E-state index is 13.4. The zero-order valence-electron chi connectivity index (χ0n) is 17.2. The van der Waals surface area contributed by atoms with E-state index in [4.69, 9.17) is 0 Å². The van der Waals surface area contributed by atoms with E-state index in [-0.39, 0.29) is 23.0 Å². The number of benzene rings is 1. The summed E-state index contributed by atoms with van der Waals surface area (Å²) in [5, 5.41) is 3.73. The second-order valence-electron chi connectivity index (χ2n) is 9.18. The van der Waals surface area contributed by atoms with Gasteiger partial charge in [0, 0.05) is 29.2 Å². The number of unbranched alkanes of at least 4 members (excludes halogenated alkanes) is 1. The van der Waals surface area contributed by atoms with Crippen molar-refractivity contribution >= 4 is 5.91 Å². The first-order valence-electron chi connectivity index (χ1n) is 9.71. The highest BCUT2D eigenvalue weighted by molar-refractivity contribution is 5.94. The Morgan fingerprint density at radius 1 is 1.08 bits per heavy atom. The van der Waals surface area contributed by atoms with Gasteiger partial charge in [-0.05, 0) is 72.9 Å². The first-order chi connectivity index (χ1) is 11.5. The van der Waals surface area contributed by atoms with Crippen molar-refractivity contribution in [1.82, 2.24) is 10.2 Å². The van der Waals surface area contributed by atoms with E-state index in [1.165, 1.54) is 0 Å². The van der Waals surface area contributed by atoms with Crippen LogP contribution in [0.5, 0.6) is 0 Å². The lowest BCUT2D eigenvalue weighted by molar-refractivity contribution is 0.0441. The van der Waals surface area contributed by atoms with Gasteiger partial charge in [-0.3, -0.25) is 4.79 Å². The molecule has 0 aliphatic carbocycles. The van der Waals surface area contributed by atoms with Crippen molar-refractivity contribution in [3.05, 3.63) is 34.9 Å². The minimum absolute atomic E-state index is 0.0414. The second-order valence-corrected chi connectivity index (χ2v) is 9.18. The van der Waals surface area contributed by atoms with Gasteiger partial charge in [0.1, 0.15) is 0 Å². The Morgan fingerprint density at radius 3 is 2.08 bits per heavy atom. The summed E-state index contributed by atoms with van der Waals surface area (Å²) in [6.45, 7) is 16.2. The minimum Gasteiger partial charge on any atom is -0.336 e. The molecule has 0 spiro atoms. The molecule has 3 heteroatoms. The molecule has 1 fully saturated rings. The van der Waals surface area contributed by atoms with E-state index < -0.39 is 0 Å². The highest BCUT2D eigenvalue weighted by Crippen LogP contribution is 2.32. The van der Waals surface area contributed by atoms with E-state index in [9.17, 15) is 4.79 Å². The van der Waals surface area contributed by atoms with E-state index in [1.807, 2.05) is 12.1 Å². The molecule has 0 aromatic heterocycles. The maximum Gasteiger partial charge on any atom is 0.254 e. The monoisotopic (exact) mass is 344 g/mol. The van der Waals surface area contributed by atoms with Crippen LogP contribution in [0, 0.1) is 13.8 Å². The first-order valence-corrected chi connectivity index (χ1v) is 9.71. The topological polar surface area (TPSA) is 32.3 Å². The first kappa shape index (κ1) is 20.0. The molecule has 1 N–H and O–H groups in total. The average Bonchev–Trinajstić information content (AvgIpc) is 2.43. The van der Waals surface area contributed by atoms with Crippen LogP contribution >= 0.6 is 0 Å². The summed E-state index contributed by atoms with van der Waals surface area (Å²) in [5.41, 5.74) is 3.23.